The Morgan fingerprint density at radius 3 is 0.705 bits per heavy atom. The molecule has 0 aliphatic rings. The average molecular weight is 585 g/mol. The quantitative estimate of drug-likeness (QED) is 0.122. The van der Waals surface area contributed by atoms with E-state index >= 15 is 4.57 Å². The van der Waals surface area contributed by atoms with Crippen LogP contribution in [-0.4, -0.2) is 0 Å². The lowest BCUT2D eigenvalue weighted by atomic mass is 10.1. The third kappa shape index (κ3) is 7.04. The molecule has 212 valence electrons. The van der Waals surface area contributed by atoms with Crippen molar-refractivity contribution in [3.05, 3.63) is 197 Å². The highest BCUT2D eigenvalue weighted by Gasteiger charge is 2.29. The first-order valence-corrected chi connectivity index (χ1v) is 16.5. The highest BCUT2D eigenvalue weighted by molar-refractivity contribution is 7.85. The van der Waals surface area contributed by atoms with E-state index in [0.29, 0.717) is 0 Å². The number of benzene rings is 6. The predicted molar refractivity (Wildman–Crippen MR) is 192 cm³/mol. The SMILES string of the molecule is O=P(c1ccc(/C=C/c2ccccc2)cc1)(c1ccc(/C=C/c2ccccc2)cc1)c1ccc(/C=C/c2ccccc2)cc1. The summed E-state index contributed by atoms with van der Waals surface area (Å²) >= 11 is 0. The maximum Gasteiger partial charge on any atom is 0.171 e. The minimum absolute atomic E-state index is 0.814. The van der Waals surface area contributed by atoms with Gasteiger partial charge in [0.05, 0.1) is 0 Å². The van der Waals surface area contributed by atoms with Crippen LogP contribution in [-0.2, 0) is 4.57 Å². The molecule has 0 atom stereocenters. The second-order valence-electron chi connectivity index (χ2n) is 10.6. The molecule has 44 heavy (non-hydrogen) atoms. The van der Waals surface area contributed by atoms with Crippen molar-refractivity contribution in [2.75, 3.05) is 0 Å². The number of rotatable bonds is 9. The zero-order valence-corrected chi connectivity index (χ0v) is 25.3. The Kier molecular flexibility index (Phi) is 9.07. The lowest BCUT2D eigenvalue weighted by Crippen LogP contribution is -2.25. The molecule has 6 aromatic carbocycles. The van der Waals surface area contributed by atoms with E-state index in [2.05, 4.69) is 109 Å². The van der Waals surface area contributed by atoms with Crippen LogP contribution in [0.3, 0.4) is 0 Å². The molecule has 6 rings (SSSR count). The summed E-state index contributed by atoms with van der Waals surface area (Å²) in [6.45, 7) is 0. The molecular formula is C42H33OP. The van der Waals surface area contributed by atoms with Crippen molar-refractivity contribution in [2.45, 2.75) is 0 Å². The van der Waals surface area contributed by atoms with E-state index in [-0.39, 0.29) is 0 Å². The third-order valence-electron chi connectivity index (χ3n) is 7.57. The zero-order valence-electron chi connectivity index (χ0n) is 24.4. The van der Waals surface area contributed by atoms with Crippen LogP contribution in [0.25, 0.3) is 36.5 Å². The van der Waals surface area contributed by atoms with Crippen LogP contribution in [0, 0.1) is 0 Å². The molecule has 0 unspecified atom stereocenters. The van der Waals surface area contributed by atoms with E-state index in [1.165, 1.54) is 0 Å². The maximum absolute atomic E-state index is 15.2. The summed E-state index contributed by atoms with van der Waals surface area (Å²) in [5.41, 5.74) is 6.62. The van der Waals surface area contributed by atoms with Crippen molar-refractivity contribution in [1.82, 2.24) is 0 Å². The highest BCUT2D eigenvalue weighted by atomic mass is 31.2. The molecule has 2 heteroatoms. The van der Waals surface area contributed by atoms with Gasteiger partial charge in [0.1, 0.15) is 0 Å². The molecule has 0 saturated heterocycles. The molecule has 0 spiro atoms. The molecular weight excluding hydrogens is 551 g/mol. The molecule has 0 fully saturated rings. The Balaban J connectivity index is 1.32. The van der Waals surface area contributed by atoms with Gasteiger partial charge in [0.2, 0.25) is 0 Å². The molecule has 0 saturated carbocycles. The van der Waals surface area contributed by atoms with Crippen molar-refractivity contribution in [3.8, 4) is 0 Å². The van der Waals surface area contributed by atoms with Crippen LogP contribution in [0.4, 0.5) is 0 Å². The van der Waals surface area contributed by atoms with E-state index in [1.54, 1.807) is 0 Å². The van der Waals surface area contributed by atoms with Gasteiger partial charge >= 0.3 is 0 Å². The van der Waals surface area contributed by atoms with Gasteiger partial charge in [-0.05, 0) is 33.4 Å². The molecule has 0 N–H and O–H groups in total. The minimum Gasteiger partial charge on any atom is -0.309 e. The summed E-state index contributed by atoms with van der Waals surface area (Å²) in [4.78, 5) is 0. The van der Waals surface area contributed by atoms with Gasteiger partial charge in [-0.25, -0.2) is 0 Å². The van der Waals surface area contributed by atoms with Crippen molar-refractivity contribution in [2.24, 2.45) is 0 Å². The highest BCUT2D eigenvalue weighted by Crippen LogP contribution is 2.42. The second-order valence-corrected chi connectivity index (χ2v) is 13.4. The number of hydrogen-bond donors (Lipinski definition) is 0. The fourth-order valence-corrected chi connectivity index (χ4v) is 7.70. The van der Waals surface area contributed by atoms with Crippen LogP contribution in [0.15, 0.2) is 164 Å². The maximum atomic E-state index is 15.2. The second kappa shape index (κ2) is 13.8. The van der Waals surface area contributed by atoms with Gasteiger partial charge in [-0.15, -0.1) is 0 Å². The largest absolute Gasteiger partial charge is 0.309 e. The summed E-state index contributed by atoms with van der Waals surface area (Å²) < 4.78 is 15.2. The van der Waals surface area contributed by atoms with Gasteiger partial charge in [0.25, 0.3) is 0 Å². The van der Waals surface area contributed by atoms with E-state index in [0.717, 1.165) is 49.3 Å². The van der Waals surface area contributed by atoms with Gasteiger partial charge in [0.15, 0.2) is 7.14 Å². The normalized spacial score (nSPS) is 11.9. The lowest BCUT2D eigenvalue weighted by molar-refractivity contribution is 0.592. The Morgan fingerprint density at radius 1 is 0.273 bits per heavy atom. The van der Waals surface area contributed by atoms with Crippen molar-refractivity contribution in [1.29, 1.82) is 0 Å². The fraction of sp³-hybridized carbons (Fsp3) is 0. The topological polar surface area (TPSA) is 17.1 Å². The van der Waals surface area contributed by atoms with Gasteiger partial charge in [0, 0.05) is 15.9 Å². The Morgan fingerprint density at radius 2 is 0.477 bits per heavy atom. The zero-order chi connectivity index (χ0) is 30.0. The molecule has 0 aliphatic heterocycles. The summed E-state index contributed by atoms with van der Waals surface area (Å²) in [5, 5.41) is 2.44. The smallest absolute Gasteiger partial charge is 0.171 e. The summed E-state index contributed by atoms with van der Waals surface area (Å²) in [5.74, 6) is 0. The van der Waals surface area contributed by atoms with Gasteiger partial charge in [-0.3, -0.25) is 0 Å². The molecule has 6 aromatic rings. The van der Waals surface area contributed by atoms with Crippen molar-refractivity contribution >= 4 is 59.5 Å². The Labute approximate surface area is 260 Å². The number of hydrogen-bond acceptors (Lipinski definition) is 1. The van der Waals surface area contributed by atoms with Gasteiger partial charge in [-0.1, -0.05) is 200 Å². The van der Waals surface area contributed by atoms with E-state index in [4.69, 9.17) is 0 Å². The minimum atomic E-state index is -3.14. The van der Waals surface area contributed by atoms with E-state index in [9.17, 15) is 0 Å². The third-order valence-corrected chi connectivity index (χ3v) is 10.6. The van der Waals surface area contributed by atoms with Crippen LogP contribution in [0.5, 0.6) is 0 Å². The molecule has 0 bridgehead atoms. The molecule has 1 nitrogen and oxygen atoms in total. The molecule has 0 aromatic heterocycles. The predicted octanol–water partition coefficient (Wildman–Crippen LogP) is 9.84. The first-order valence-electron chi connectivity index (χ1n) is 14.8. The Hall–Kier alpha value is -5.23. The van der Waals surface area contributed by atoms with E-state index < -0.39 is 7.14 Å². The lowest BCUT2D eigenvalue weighted by Gasteiger charge is -2.20. The monoisotopic (exact) mass is 584 g/mol. The average Bonchev–Trinajstić information content (AvgIpc) is 3.10. The van der Waals surface area contributed by atoms with Crippen molar-refractivity contribution < 1.29 is 4.57 Å². The molecule has 0 aliphatic carbocycles. The summed E-state index contributed by atoms with van der Waals surface area (Å²) in [7, 11) is -3.14. The first kappa shape index (κ1) is 28.9. The molecule has 0 heterocycles. The Bertz CT molecular complexity index is 1690. The summed E-state index contributed by atoms with van der Waals surface area (Å²) in [6, 6.07) is 55.1. The first-order chi connectivity index (χ1) is 21.7. The van der Waals surface area contributed by atoms with Crippen molar-refractivity contribution in [3.63, 3.8) is 0 Å². The molecule has 0 radical (unpaired) electrons. The van der Waals surface area contributed by atoms with Crippen LogP contribution in [0.1, 0.15) is 33.4 Å². The van der Waals surface area contributed by atoms with Crippen LogP contribution < -0.4 is 15.9 Å². The van der Waals surface area contributed by atoms with Crippen LogP contribution in [0.2, 0.25) is 0 Å². The van der Waals surface area contributed by atoms with Gasteiger partial charge in [-0.2, -0.15) is 0 Å². The summed E-state index contributed by atoms with van der Waals surface area (Å²) in [6.07, 6.45) is 12.6. The fourth-order valence-electron chi connectivity index (χ4n) is 5.10. The van der Waals surface area contributed by atoms with Gasteiger partial charge < -0.3 is 4.57 Å². The van der Waals surface area contributed by atoms with Crippen LogP contribution >= 0.6 is 7.14 Å². The molecule has 0 amide bonds. The standard InChI is InChI=1S/C42H33OP/c43-44(40-28-22-37(23-29-40)19-16-34-10-4-1-5-11-34,41-30-24-38(25-31-41)20-17-35-12-6-2-7-13-35)42-32-26-39(27-33-42)21-18-36-14-8-3-9-15-36/h1-33H/b19-16+,20-17+,21-18+. The van der Waals surface area contributed by atoms with E-state index in [1.807, 2.05) is 91.0 Å².